The van der Waals surface area contributed by atoms with Crippen molar-refractivity contribution >= 4 is 11.6 Å². The minimum atomic E-state index is -0.00981. The van der Waals surface area contributed by atoms with Crippen molar-refractivity contribution in [3.05, 3.63) is 29.3 Å². The zero-order chi connectivity index (χ0) is 13.3. The van der Waals surface area contributed by atoms with Crippen LogP contribution in [0.15, 0.2) is 18.2 Å². The fourth-order valence-corrected chi connectivity index (χ4v) is 2.61. The van der Waals surface area contributed by atoms with Crippen molar-refractivity contribution in [1.82, 2.24) is 5.32 Å². The molecule has 1 saturated carbocycles. The van der Waals surface area contributed by atoms with Gasteiger partial charge in [-0.25, -0.2) is 0 Å². The van der Waals surface area contributed by atoms with E-state index in [1.165, 1.54) is 6.42 Å². The van der Waals surface area contributed by atoms with Gasteiger partial charge >= 0.3 is 0 Å². The van der Waals surface area contributed by atoms with Gasteiger partial charge in [0.2, 0.25) is 0 Å². The summed E-state index contributed by atoms with van der Waals surface area (Å²) in [6, 6.07) is 5.78. The van der Waals surface area contributed by atoms with Crippen molar-refractivity contribution in [2.75, 3.05) is 5.73 Å². The van der Waals surface area contributed by atoms with Crippen LogP contribution >= 0.6 is 0 Å². The molecule has 0 aromatic heterocycles. The molecule has 2 rings (SSSR count). The van der Waals surface area contributed by atoms with Gasteiger partial charge in [0.25, 0.3) is 5.91 Å². The van der Waals surface area contributed by atoms with Gasteiger partial charge < -0.3 is 11.1 Å². The zero-order valence-corrected chi connectivity index (χ0v) is 11.4. The number of hydrogen-bond donors (Lipinski definition) is 2. The molecule has 0 bridgehead atoms. The van der Waals surface area contributed by atoms with Crippen LogP contribution in [0.25, 0.3) is 0 Å². The van der Waals surface area contributed by atoms with Gasteiger partial charge in [-0.05, 0) is 49.3 Å². The first-order valence-corrected chi connectivity index (χ1v) is 6.54. The summed E-state index contributed by atoms with van der Waals surface area (Å²) in [6.07, 6.45) is 3.30. The third-order valence-electron chi connectivity index (χ3n) is 3.85. The molecule has 1 atom stereocenters. The summed E-state index contributed by atoms with van der Waals surface area (Å²) in [6.45, 7) is 6.45. The molecule has 0 spiro atoms. The van der Waals surface area contributed by atoms with Gasteiger partial charge in [-0.15, -0.1) is 0 Å². The Bertz CT molecular complexity index is 466. The number of nitrogens with one attached hydrogen (secondary N) is 1. The molecule has 1 aliphatic rings. The third-order valence-corrected chi connectivity index (χ3v) is 3.85. The monoisotopic (exact) mass is 246 g/mol. The zero-order valence-electron chi connectivity index (χ0n) is 11.4. The number of nitrogens with two attached hydrogens (primary N) is 1. The summed E-state index contributed by atoms with van der Waals surface area (Å²) in [5.41, 5.74) is 8.52. The number of hydrogen-bond acceptors (Lipinski definition) is 2. The Morgan fingerprint density at radius 2 is 2.17 bits per heavy atom. The van der Waals surface area contributed by atoms with Gasteiger partial charge in [-0.2, -0.15) is 0 Å². The summed E-state index contributed by atoms with van der Waals surface area (Å²) in [4.78, 5) is 12.1. The van der Waals surface area contributed by atoms with E-state index in [1.54, 1.807) is 6.07 Å². The number of amides is 1. The molecule has 0 saturated heterocycles. The van der Waals surface area contributed by atoms with Crippen LogP contribution in [-0.2, 0) is 0 Å². The first-order chi connectivity index (χ1) is 8.37. The molecule has 3 heteroatoms. The Balaban J connectivity index is 2.02. The van der Waals surface area contributed by atoms with E-state index in [2.05, 4.69) is 19.2 Å². The van der Waals surface area contributed by atoms with Crippen molar-refractivity contribution in [3.8, 4) is 0 Å². The van der Waals surface area contributed by atoms with Crippen molar-refractivity contribution in [2.24, 2.45) is 5.41 Å². The van der Waals surface area contributed by atoms with Crippen LogP contribution in [0, 0.1) is 12.3 Å². The molecule has 1 amide bonds. The molecule has 3 N–H and O–H groups in total. The van der Waals surface area contributed by atoms with Crippen LogP contribution in [-0.4, -0.2) is 11.9 Å². The Morgan fingerprint density at radius 1 is 1.44 bits per heavy atom. The number of benzene rings is 1. The van der Waals surface area contributed by atoms with Gasteiger partial charge in [0.05, 0.1) is 0 Å². The summed E-state index contributed by atoms with van der Waals surface area (Å²) < 4.78 is 0. The Kier molecular flexibility index (Phi) is 3.33. The van der Waals surface area contributed by atoms with Gasteiger partial charge in [0.1, 0.15) is 0 Å². The van der Waals surface area contributed by atoms with E-state index in [0.717, 1.165) is 18.4 Å². The highest BCUT2D eigenvalue weighted by Gasteiger charge is 2.31. The number of carbonyl (C=O) groups is 1. The highest BCUT2D eigenvalue weighted by atomic mass is 16.1. The molecule has 1 aromatic rings. The van der Waals surface area contributed by atoms with Crippen LogP contribution in [0.5, 0.6) is 0 Å². The molecule has 1 unspecified atom stereocenters. The highest BCUT2D eigenvalue weighted by Crippen LogP contribution is 2.36. The first kappa shape index (κ1) is 12.9. The summed E-state index contributed by atoms with van der Waals surface area (Å²) in [7, 11) is 0. The number of nitrogen functional groups attached to an aromatic ring is 1. The maximum absolute atomic E-state index is 12.1. The second kappa shape index (κ2) is 4.63. The highest BCUT2D eigenvalue weighted by molar-refractivity contribution is 5.95. The average molecular weight is 246 g/mol. The van der Waals surface area contributed by atoms with E-state index < -0.39 is 0 Å². The lowest BCUT2D eigenvalue weighted by Gasteiger charge is -2.18. The van der Waals surface area contributed by atoms with Gasteiger partial charge in [-0.1, -0.05) is 19.9 Å². The summed E-state index contributed by atoms with van der Waals surface area (Å²) in [5.74, 6) is -0.00981. The number of rotatable bonds is 2. The van der Waals surface area contributed by atoms with Crippen LogP contribution in [0.3, 0.4) is 0 Å². The second-order valence-corrected chi connectivity index (χ2v) is 6.15. The van der Waals surface area contributed by atoms with E-state index in [0.29, 0.717) is 22.7 Å². The molecule has 98 valence electrons. The van der Waals surface area contributed by atoms with Gasteiger partial charge in [0.15, 0.2) is 0 Å². The number of anilines is 1. The van der Waals surface area contributed by atoms with Crippen LogP contribution in [0.4, 0.5) is 5.69 Å². The van der Waals surface area contributed by atoms with Gasteiger partial charge in [0, 0.05) is 17.3 Å². The Hall–Kier alpha value is -1.51. The summed E-state index contributed by atoms with van der Waals surface area (Å²) in [5, 5.41) is 3.10. The Morgan fingerprint density at radius 3 is 2.72 bits per heavy atom. The maximum Gasteiger partial charge on any atom is 0.251 e. The number of carbonyl (C=O) groups excluding carboxylic acids is 1. The SMILES string of the molecule is Cc1ccc(C(=O)NC2CCC(C)(C)C2)cc1N. The third kappa shape index (κ3) is 2.84. The van der Waals surface area contributed by atoms with Crippen LogP contribution in [0.2, 0.25) is 0 Å². The lowest BCUT2D eigenvalue weighted by molar-refractivity contribution is 0.0936. The second-order valence-electron chi connectivity index (χ2n) is 6.15. The van der Waals surface area contributed by atoms with E-state index in [-0.39, 0.29) is 5.91 Å². The Labute approximate surface area is 109 Å². The fraction of sp³-hybridized carbons (Fsp3) is 0.533. The van der Waals surface area contributed by atoms with E-state index in [4.69, 9.17) is 5.73 Å². The lowest BCUT2D eigenvalue weighted by Crippen LogP contribution is -2.33. The smallest absolute Gasteiger partial charge is 0.251 e. The minimum Gasteiger partial charge on any atom is -0.398 e. The first-order valence-electron chi connectivity index (χ1n) is 6.54. The largest absolute Gasteiger partial charge is 0.398 e. The average Bonchev–Trinajstić information content (AvgIpc) is 2.62. The van der Waals surface area contributed by atoms with Crippen molar-refractivity contribution in [1.29, 1.82) is 0 Å². The van der Waals surface area contributed by atoms with Crippen LogP contribution in [0.1, 0.15) is 49.0 Å². The molecule has 1 aliphatic carbocycles. The maximum atomic E-state index is 12.1. The molecular formula is C15H22N2O. The van der Waals surface area contributed by atoms with Crippen molar-refractivity contribution in [3.63, 3.8) is 0 Å². The van der Waals surface area contributed by atoms with Crippen LogP contribution < -0.4 is 11.1 Å². The molecule has 0 aliphatic heterocycles. The van der Waals surface area contributed by atoms with E-state index in [9.17, 15) is 4.79 Å². The molecule has 1 fully saturated rings. The molecular weight excluding hydrogens is 224 g/mol. The van der Waals surface area contributed by atoms with Crippen molar-refractivity contribution in [2.45, 2.75) is 46.1 Å². The van der Waals surface area contributed by atoms with E-state index >= 15 is 0 Å². The number of aryl methyl sites for hydroxylation is 1. The van der Waals surface area contributed by atoms with E-state index in [1.807, 2.05) is 19.1 Å². The predicted molar refractivity (Wildman–Crippen MR) is 74.5 cm³/mol. The fourth-order valence-electron chi connectivity index (χ4n) is 2.61. The normalized spacial score (nSPS) is 21.8. The lowest BCUT2D eigenvalue weighted by atomic mass is 9.92. The standard InChI is InChI=1S/C15H22N2O/c1-10-4-5-11(8-13(10)16)14(18)17-12-6-7-15(2,3)9-12/h4-5,8,12H,6-7,9,16H2,1-3H3,(H,17,18). The quantitative estimate of drug-likeness (QED) is 0.788. The minimum absolute atomic E-state index is 0.00981. The predicted octanol–water partition coefficient (Wildman–Crippen LogP) is 2.89. The molecule has 0 heterocycles. The van der Waals surface area contributed by atoms with Crippen molar-refractivity contribution < 1.29 is 4.79 Å². The topological polar surface area (TPSA) is 55.1 Å². The molecule has 18 heavy (non-hydrogen) atoms. The van der Waals surface area contributed by atoms with Gasteiger partial charge in [-0.3, -0.25) is 4.79 Å². The molecule has 1 aromatic carbocycles. The molecule has 0 radical (unpaired) electrons. The summed E-state index contributed by atoms with van der Waals surface area (Å²) >= 11 is 0. The molecule has 3 nitrogen and oxygen atoms in total.